The number of carbonyl (C=O) groups excluding carboxylic acids is 1. The Labute approximate surface area is 117 Å². The lowest BCUT2D eigenvalue weighted by Gasteiger charge is -2.25. The maximum absolute atomic E-state index is 12.4. The van der Waals surface area contributed by atoms with Crippen molar-refractivity contribution in [2.24, 2.45) is 11.1 Å². The Morgan fingerprint density at radius 2 is 1.89 bits per heavy atom. The first-order chi connectivity index (χ1) is 8.95. The fourth-order valence-corrected chi connectivity index (χ4v) is 2.59. The van der Waals surface area contributed by atoms with Crippen LogP contribution in [0.25, 0.3) is 0 Å². The molecule has 6 nitrogen and oxygen atoms in total. The molecule has 1 aliphatic carbocycles. The first-order valence-corrected chi connectivity index (χ1v) is 6.66. The van der Waals surface area contributed by atoms with Crippen molar-refractivity contribution in [3.8, 4) is 0 Å². The summed E-state index contributed by atoms with van der Waals surface area (Å²) in [6, 6.07) is 0. The van der Waals surface area contributed by atoms with Gasteiger partial charge in [-0.3, -0.25) is 10.1 Å². The minimum absolute atomic E-state index is 0.204. The number of nitrogens with one attached hydrogen (secondary N) is 1. The molecule has 1 amide bonds. The summed E-state index contributed by atoms with van der Waals surface area (Å²) in [6.07, 6.45) is 3.28. The Kier molecular flexibility index (Phi) is 3.75. The van der Waals surface area contributed by atoms with E-state index in [1.165, 1.54) is 0 Å². The minimum atomic E-state index is -0.752. The van der Waals surface area contributed by atoms with Gasteiger partial charge in [-0.15, -0.1) is 5.10 Å². The van der Waals surface area contributed by atoms with Crippen molar-refractivity contribution in [2.45, 2.75) is 39.5 Å². The highest BCUT2D eigenvalue weighted by atomic mass is 32.1. The predicted molar refractivity (Wildman–Crippen MR) is 75.6 cm³/mol. The molecule has 2 rings (SSSR count). The Morgan fingerprint density at radius 3 is 2.42 bits per heavy atom. The molecule has 1 aromatic rings. The van der Waals surface area contributed by atoms with Gasteiger partial charge in [0.1, 0.15) is 0 Å². The van der Waals surface area contributed by atoms with E-state index in [1.54, 1.807) is 0 Å². The molecule has 7 heteroatoms. The number of rotatable bonds is 3. The molecule has 0 atom stereocenters. The summed E-state index contributed by atoms with van der Waals surface area (Å²) in [7, 11) is 0. The maximum Gasteiger partial charge on any atom is 0.249 e. The Bertz CT molecular complexity index is 525. The molecule has 0 unspecified atom stereocenters. The highest BCUT2D eigenvalue weighted by molar-refractivity contribution is 7.80. The largest absolute Gasteiger partial charge is 0.392 e. The van der Waals surface area contributed by atoms with Crippen LogP contribution in [0.1, 0.15) is 37.1 Å². The van der Waals surface area contributed by atoms with E-state index in [2.05, 4.69) is 20.5 Å². The number of aromatic nitrogens is 3. The molecular weight excluding hydrogens is 262 g/mol. The number of carbonyl (C=O) groups is 1. The molecule has 1 fully saturated rings. The second-order valence-electron chi connectivity index (χ2n) is 4.91. The van der Waals surface area contributed by atoms with Crippen LogP contribution in [-0.4, -0.2) is 26.1 Å². The van der Waals surface area contributed by atoms with Crippen molar-refractivity contribution >= 4 is 29.1 Å². The van der Waals surface area contributed by atoms with Gasteiger partial charge in [-0.25, -0.2) is 4.98 Å². The van der Waals surface area contributed by atoms with Crippen LogP contribution in [0.15, 0.2) is 0 Å². The molecule has 0 spiro atoms. The van der Waals surface area contributed by atoms with Crippen molar-refractivity contribution in [1.82, 2.24) is 15.2 Å². The van der Waals surface area contributed by atoms with Crippen LogP contribution < -0.4 is 11.1 Å². The van der Waals surface area contributed by atoms with Crippen molar-refractivity contribution in [3.05, 3.63) is 11.4 Å². The SMILES string of the molecule is Cc1nnc(NC(=O)C2(C(N)=S)CCCC2)nc1C. The molecule has 19 heavy (non-hydrogen) atoms. The van der Waals surface area contributed by atoms with Gasteiger partial charge in [-0.05, 0) is 26.7 Å². The quantitative estimate of drug-likeness (QED) is 0.809. The van der Waals surface area contributed by atoms with E-state index in [0.717, 1.165) is 24.2 Å². The zero-order valence-electron chi connectivity index (χ0n) is 11.1. The summed E-state index contributed by atoms with van der Waals surface area (Å²) in [5, 5.41) is 10.5. The average molecular weight is 279 g/mol. The van der Waals surface area contributed by atoms with Crippen LogP contribution in [-0.2, 0) is 4.79 Å². The van der Waals surface area contributed by atoms with Gasteiger partial charge in [0.25, 0.3) is 0 Å². The second kappa shape index (κ2) is 5.16. The summed E-state index contributed by atoms with van der Waals surface area (Å²) in [6.45, 7) is 3.63. The molecule has 3 N–H and O–H groups in total. The Balaban J connectivity index is 2.20. The summed E-state index contributed by atoms with van der Waals surface area (Å²) in [5.74, 6) is -0.0156. The number of hydrogen-bond donors (Lipinski definition) is 2. The van der Waals surface area contributed by atoms with E-state index in [9.17, 15) is 4.79 Å². The number of aryl methyl sites for hydroxylation is 2. The van der Waals surface area contributed by atoms with Crippen LogP contribution >= 0.6 is 12.2 Å². The van der Waals surface area contributed by atoms with Crippen LogP contribution in [0.5, 0.6) is 0 Å². The van der Waals surface area contributed by atoms with Gasteiger partial charge in [0, 0.05) is 0 Å². The van der Waals surface area contributed by atoms with Crippen molar-refractivity contribution < 1.29 is 4.79 Å². The van der Waals surface area contributed by atoms with E-state index in [1.807, 2.05) is 13.8 Å². The highest BCUT2D eigenvalue weighted by Crippen LogP contribution is 2.39. The standard InChI is InChI=1S/C12H17N5OS/c1-7-8(2)16-17-11(14-7)15-10(18)12(9(13)19)5-3-4-6-12/h3-6H2,1-2H3,(H2,13,19)(H,14,15,17,18). The molecule has 0 saturated heterocycles. The van der Waals surface area contributed by atoms with Gasteiger partial charge in [0.05, 0.1) is 21.8 Å². The van der Waals surface area contributed by atoms with Gasteiger partial charge >= 0.3 is 0 Å². The molecule has 0 aliphatic heterocycles. The molecule has 1 saturated carbocycles. The smallest absolute Gasteiger partial charge is 0.249 e. The third kappa shape index (κ3) is 2.56. The van der Waals surface area contributed by atoms with Crippen molar-refractivity contribution in [3.63, 3.8) is 0 Å². The first kappa shape index (κ1) is 13.8. The molecule has 1 aliphatic rings. The number of amides is 1. The minimum Gasteiger partial charge on any atom is -0.392 e. The fourth-order valence-electron chi connectivity index (χ4n) is 2.29. The Morgan fingerprint density at radius 1 is 1.26 bits per heavy atom. The third-order valence-electron chi connectivity index (χ3n) is 3.68. The van der Waals surface area contributed by atoms with Gasteiger partial charge in [0.15, 0.2) is 0 Å². The van der Waals surface area contributed by atoms with Crippen LogP contribution in [0, 0.1) is 19.3 Å². The summed E-state index contributed by atoms with van der Waals surface area (Å²) >= 11 is 5.07. The maximum atomic E-state index is 12.4. The van der Waals surface area contributed by atoms with Gasteiger partial charge in [-0.2, -0.15) is 5.10 Å². The zero-order valence-corrected chi connectivity index (χ0v) is 11.9. The van der Waals surface area contributed by atoms with E-state index in [4.69, 9.17) is 18.0 Å². The van der Waals surface area contributed by atoms with E-state index in [-0.39, 0.29) is 16.8 Å². The number of nitrogens with zero attached hydrogens (tertiary/aromatic N) is 3. The summed E-state index contributed by atoms with van der Waals surface area (Å²) < 4.78 is 0. The second-order valence-corrected chi connectivity index (χ2v) is 5.35. The molecule has 1 aromatic heterocycles. The van der Waals surface area contributed by atoms with Crippen molar-refractivity contribution in [1.29, 1.82) is 0 Å². The summed E-state index contributed by atoms with van der Waals surface area (Å²) in [5.41, 5.74) is 6.48. The monoisotopic (exact) mass is 279 g/mol. The fraction of sp³-hybridized carbons (Fsp3) is 0.583. The average Bonchev–Trinajstić information content (AvgIpc) is 2.84. The first-order valence-electron chi connectivity index (χ1n) is 6.25. The van der Waals surface area contributed by atoms with Crippen LogP contribution in [0.4, 0.5) is 5.95 Å². The third-order valence-corrected chi connectivity index (χ3v) is 4.07. The molecule has 102 valence electrons. The lowest BCUT2D eigenvalue weighted by molar-refractivity contribution is -0.122. The van der Waals surface area contributed by atoms with E-state index < -0.39 is 5.41 Å². The predicted octanol–water partition coefficient (Wildman–Crippen LogP) is 1.27. The van der Waals surface area contributed by atoms with Gasteiger partial charge < -0.3 is 5.73 Å². The topological polar surface area (TPSA) is 93.8 Å². The highest BCUT2D eigenvalue weighted by Gasteiger charge is 2.44. The molecule has 0 radical (unpaired) electrons. The molecular formula is C12H17N5OS. The van der Waals surface area contributed by atoms with Crippen LogP contribution in [0.2, 0.25) is 0 Å². The number of nitrogens with two attached hydrogens (primary N) is 1. The van der Waals surface area contributed by atoms with Gasteiger partial charge in [-0.1, -0.05) is 25.1 Å². The lowest BCUT2D eigenvalue weighted by Crippen LogP contribution is -2.44. The van der Waals surface area contributed by atoms with Crippen molar-refractivity contribution in [2.75, 3.05) is 5.32 Å². The summed E-state index contributed by atoms with van der Waals surface area (Å²) in [4.78, 5) is 16.8. The molecule has 1 heterocycles. The molecule has 0 bridgehead atoms. The van der Waals surface area contributed by atoms with Gasteiger partial charge in [0.2, 0.25) is 11.9 Å². The molecule has 0 aromatic carbocycles. The van der Waals surface area contributed by atoms with E-state index in [0.29, 0.717) is 12.8 Å². The number of anilines is 1. The number of hydrogen-bond acceptors (Lipinski definition) is 5. The Hall–Kier alpha value is -1.63. The van der Waals surface area contributed by atoms with Crippen LogP contribution in [0.3, 0.4) is 0 Å². The van der Waals surface area contributed by atoms with E-state index >= 15 is 0 Å². The zero-order chi connectivity index (χ0) is 14.0. The number of thiocarbonyl (C=S) groups is 1. The normalized spacial score (nSPS) is 17.2. The lowest BCUT2D eigenvalue weighted by atomic mass is 9.85.